The minimum absolute atomic E-state index is 0.0418. The molecule has 0 amide bonds. The van der Waals surface area contributed by atoms with Gasteiger partial charge in [0.05, 0.1) is 5.75 Å². The van der Waals surface area contributed by atoms with Crippen LogP contribution in [0.1, 0.15) is 12.6 Å². The number of aromatic nitrogens is 2. The van der Waals surface area contributed by atoms with E-state index in [1.165, 1.54) is 18.1 Å². The Kier molecular flexibility index (Phi) is 3.70. The molecular weight excluding hydrogens is 188 g/mol. The molecule has 13 heavy (non-hydrogen) atoms. The first-order valence-electron chi connectivity index (χ1n) is 3.88. The standard InChI is InChI=1S/C8H10N2O2S/c1-2-6-3-7(10-5-9-6)13-4-8(11)12/h3,5H,2,4H2,1H3,(H,11,12). The van der Waals surface area contributed by atoms with Crippen molar-refractivity contribution in [3.05, 3.63) is 18.1 Å². The molecule has 70 valence electrons. The van der Waals surface area contributed by atoms with Crippen molar-refractivity contribution < 1.29 is 9.90 Å². The number of carbonyl (C=O) groups is 1. The molecule has 0 aliphatic rings. The molecule has 4 nitrogen and oxygen atoms in total. The van der Waals surface area contributed by atoms with Crippen LogP contribution in [-0.4, -0.2) is 26.8 Å². The summed E-state index contributed by atoms with van der Waals surface area (Å²) in [5, 5.41) is 9.15. The van der Waals surface area contributed by atoms with Gasteiger partial charge in [-0.2, -0.15) is 0 Å². The highest BCUT2D eigenvalue weighted by atomic mass is 32.2. The van der Waals surface area contributed by atoms with Crippen LogP contribution in [0.4, 0.5) is 0 Å². The number of aliphatic carboxylic acids is 1. The predicted molar refractivity (Wildman–Crippen MR) is 49.8 cm³/mol. The highest BCUT2D eigenvalue weighted by Crippen LogP contribution is 2.14. The van der Waals surface area contributed by atoms with Gasteiger partial charge in [0.15, 0.2) is 0 Å². The predicted octanol–water partition coefficient (Wildman–Crippen LogP) is 1.22. The van der Waals surface area contributed by atoms with E-state index in [4.69, 9.17) is 5.11 Å². The molecule has 0 aromatic carbocycles. The molecule has 1 rings (SSSR count). The molecule has 0 aliphatic carbocycles. The molecule has 0 radical (unpaired) electrons. The Labute approximate surface area is 80.4 Å². The van der Waals surface area contributed by atoms with E-state index in [-0.39, 0.29) is 5.75 Å². The van der Waals surface area contributed by atoms with Crippen molar-refractivity contribution in [2.45, 2.75) is 18.4 Å². The van der Waals surface area contributed by atoms with E-state index in [9.17, 15) is 4.79 Å². The van der Waals surface area contributed by atoms with Gasteiger partial charge in [-0.1, -0.05) is 18.7 Å². The van der Waals surface area contributed by atoms with Crippen molar-refractivity contribution in [3.8, 4) is 0 Å². The second-order valence-corrected chi connectivity index (χ2v) is 3.38. The Hall–Kier alpha value is -1.10. The monoisotopic (exact) mass is 198 g/mol. The van der Waals surface area contributed by atoms with Crippen LogP contribution in [0.15, 0.2) is 17.4 Å². The van der Waals surface area contributed by atoms with Gasteiger partial charge in [-0.3, -0.25) is 4.79 Å². The third kappa shape index (κ3) is 3.42. The maximum absolute atomic E-state index is 10.3. The van der Waals surface area contributed by atoms with Crippen LogP contribution in [-0.2, 0) is 11.2 Å². The summed E-state index contributed by atoms with van der Waals surface area (Å²) in [6.45, 7) is 1.99. The number of rotatable bonds is 4. The van der Waals surface area contributed by atoms with Crippen molar-refractivity contribution in [3.63, 3.8) is 0 Å². The summed E-state index contributed by atoms with van der Waals surface area (Å²) in [5.41, 5.74) is 0.933. The molecule has 1 N–H and O–H groups in total. The molecule has 0 saturated carbocycles. The molecule has 1 aromatic heterocycles. The normalized spacial score (nSPS) is 9.92. The van der Waals surface area contributed by atoms with Gasteiger partial charge in [0.1, 0.15) is 11.4 Å². The Morgan fingerprint density at radius 1 is 1.62 bits per heavy atom. The summed E-state index contributed by atoms with van der Waals surface area (Å²) in [6.07, 6.45) is 2.30. The molecule has 0 unspecified atom stereocenters. The van der Waals surface area contributed by atoms with Gasteiger partial charge in [-0.15, -0.1) is 0 Å². The molecule has 1 aromatic rings. The van der Waals surface area contributed by atoms with Crippen molar-refractivity contribution >= 4 is 17.7 Å². The summed E-state index contributed by atoms with van der Waals surface area (Å²) in [5.74, 6) is -0.790. The third-order valence-electron chi connectivity index (χ3n) is 1.40. The summed E-state index contributed by atoms with van der Waals surface area (Å²) in [4.78, 5) is 18.2. The lowest BCUT2D eigenvalue weighted by Crippen LogP contribution is -1.98. The molecule has 0 atom stereocenters. The number of carboxylic acids is 1. The zero-order valence-electron chi connectivity index (χ0n) is 7.23. The van der Waals surface area contributed by atoms with Crippen LogP contribution in [0.3, 0.4) is 0 Å². The van der Waals surface area contributed by atoms with Gasteiger partial charge in [-0.05, 0) is 12.5 Å². The molecule has 5 heteroatoms. The third-order valence-corrected chi connectivity index (χ3v) is 2.31. The zero-order chi connectivity index (χ0) is 9.68. The summed E-state index contributed by atoms with van der Waals surface area (Å²) in [6, 6.07) is 1.81. The number of carboxylic acid groups (broad SMARTS) is 1. The van der Waals surface area contributed by atoms with Crippen molar-refractivity contribution in [2.75, 3.05) is 5.75 Å². The van der Waals surface area contributed by atoms with Crippen LogP contribution >= 0.6 is 11.8 Å². The number of aryl methyl sites for hydroxylation is 1. The smallest absolute Gasteiger partial charge is 0.313 e. The fraction of sp³-hybridized carbons (Fsp3) is 0.375. The summed E-state index contributed by atoms with van der Waals surface area (Å²) >= 11 is 1.21. The number of thioether (sulfide) groups is 1. The van der Waals surface area contributed by atoms with Crippen LogP contribution in [0.25, 0.3) is 0 Å². The molecule has 0 fully saturated rings. The summed E-state index contributed by atoms with van der Waals surface area (Å²) in [7, 11) is 0. The highest BCUT2D eigenvalue weighted by Gasteiger charge is 2.01. The fourth-order valence-corrected chi connectivity index (χ4v) is 1.40. The van der Waals surface area contributed by atoms with Gasteiger partial charge in [0, 0.05) is 5.69 Å². The molecular formula is C8H10N2O2S. The SMILES string of the molecule is CCc1cc(SCC(=O)O)ncn1. The number of hydrogen-bond acceptors (Lipinski definition) is 4. The molecule has 0 spiro atoms. The minimum Gasteiger partial charge on any atom is -0.481 e. The Morgan fingerprint density at radius 3 is 3.00 bits per heavy atom. The van der Waals surface area contributed by atoms with E-state index in [1.807, 2.05) is 13.0 Å². The minimum atomic E-state index is -0.832. The Morgan fingerprint density at radius 2 is 2.38 bits per heavy atom. The topological polar surface area (TPSA) is 63.1 Å². The molecule has 0 bridgehead atoms. The fourth-order valence-electron chi connectivity index (χ4n) is 0.785. The van der Waals surface area contributed by atoms with Gasteiger partial charge in [0.2, 0.25) is 0 Å². The maximum atomic E-state index is 10.3. The van der Waals surface area contributed by atoms with Gasteiger partial charge in [-0.25, -0.2) is 9.97 Å². The van der Waals surface area contributed by atoms with E-state index in [1.54, 1.807) is 0 Å². The average molecular weight is 198 g/mol. The molecule has 0 aliphatic heterocycles. The van der Waals surface area contributed by atoms with E-state index < -0.39 is 5.97 Å². The first kappa shape index (κ1) is 9.98. The van der Waals surface area contributed by atoms with Crippen LogP contribution in [0.5, 0.6) is 0 Å². The zero-order valence-corrected chi connectivity index (χ0v) is 8.04. The van der Waals surface area contributed by atoms with E-state index in [2.05, 4.69) is 9.97 Å². The van der Waals surface area contributed by atoms with Gasteiger partial charge >= 0.3 is 5.97 Å². The van der Waals surface area contributed by atoms with Crippen LogP contribution in [0, 0.1) is 0 Å². The molecule has 0 saturated heterocycles. The van der Waals surface area contributed by atoms with E-state index >= 15 is 0 Å². The van der Waals surface area contributed by atoms with E-state index in [0.29, 0.717) is 5.03 Å². The highest BCUT2D eigenvalue weighted by molar-refractivity contribution is 7.99. The Balaban J connectivity index is 2.61. The van der Waals surface area contributed by atoms with E-state index in [0.717, 1.165) is 12.1 Å². The largest absolute Gasteiger partial charge is 0.481 e. The lowest BCUT2D eigenvalue weighted by atomic mass is 10.3. The van der Waals surface area contributed by atoms with Gasteiger partial charge in [0.25, 0.3) is 0 Å². The van der Waals surface area contributed by atoms with Crippen LogP contribution in [0.2, 0.25) is 0 Å². The van der Waals surface area contributed by atoms with Crippen molar-refractivity contribution in [1.82, 2.24) is 9.97 Å². The maximum Gasteiger partial charge on any atom is 0.313 e. The lowest BCUT2D eigenvalue weighted by Gasteiger charge is -1.98. The number of nitrogens with zero attached hydrogens (tertiary/aromatic N) is 2. The first-order valence-corrected chi connectivity index (χ1v) is 4.86. The first-order chi connectivity index (χ1) is 6.22. The average Bonchev–Trinajstić information content (AvgIpc) is 2.15. The van der Waals surface area contributed by atoms with Crippen molar-refractivity contribution in [2.24, 2.45) is 0 Å². The van der Waals surface area contributed by atoms with Gasteiger partial charge < -0.3 is 5.11 Å². The molecule has 1 heterocycles. The van der Waals surface area contributed by atoms with Crippen LogP contribution < -0.4 is 0 Å². The second-order valence-electron chi connectivity index (χ2n) is 2.38. The second kappa shape index (κ2) is 4.81. The summed E-state index contributed by atoms with van der Waals surface area (Å²) < 4.78 is 0. The quantitative estimate of drug-likeness (QED) is 0.582. The number of hydrogen-bond donors (Lipinski definition) is 1. The lowest BCUT2D eigenvalue weighted by molar-refractivity contribution is -0.133. The van der Waals surface area contributed by atoms with Crippen molar-refractivity contribution in [1.29, 1.82) is 0 Å². The Bertz CT molecular complexity index is 304.